The Bertz CT molecular complexity index is 342. The second-order valence-electron chi connectivity index (χ2n) is 4.05. The van der Waals surface area contributed by atoms with Crippen molar-refractivity contribution < 1.29 is 4.79 Å². The third kappa shape index (κ3) is 3.49. The summed E-state index contributed by atoms with van der Waals surface area (Å²) in [4.78, 5) is 15.8. The van der Waals surface area contributed by atoms with Crippen molar-refractivity contribution in [1.29, 1.82) is 0 Å². The van der Waals surface area contributed by atoms with Gasteiger partial charge in [0.15, 0.2) is 0 Å². The lowest BCUT2D eigenvalue weighted by molar-refractivity contribution is 0.0901. The fraction of sp³-hybridized carbons (Fsp3) is 0.500. The van der Waals surface area contributed by atoms with Gasteiger partial charge in [0, 0.05) is 23.8 Å². The standard InChI is InChI=1S/C12H17ClN2O/c1-3-12(2,6-7-13)15-11(16)10-5-4-8-14-9-10/h4-5,8-9H,3,6-7H2,1-2H3,(H,15,16). The minimum absolute atomic E-state index is 0.0948. The zero-order valence-corrected chi connectivity index (χ0v) is 10.4. The van der Waals surface area contributed by atoms with E-state index in [4.69, 9.17) is 11.6 Å². The smallest absolute Gasteiger partial charge is 0.253 e. The molecule has 0 bridgehead atoms. The van der Waals surface area contributed by atoms with Crippen LogP contribution in [0.4, 0.5) is 0 Å². The molecule has 0 aliphatic rings. The Morgan fingerprint density at radius 2 is 2.38 bits per heavy atom. The van der Waals surface area contributed by atoms with Crippen LogP contribution in [0.5, 0.6) is 0 Å². The van der Waals surface area contributed by atoms with Crippen LogP contribution in [0.1, 0.15) is 37.0 Å². The molecule has 16 heavy (non-hydrogen) atoms. The van der Waals surface area contributed by atoms with Gasteiger partial charge in [-0.3, -0.25) is 9.78 Å². The molecule has 0 radical (unpaired) electrons. The number of nitrogens with zero attached hydrogens (tertiary/aromatic N) is 1. The fourth-order valence-electron chi connectivity index (χ4n) is 1.38. The second-order valence-corrected chi connectivity index (χ2v) is 4.43. The maximum absolute atomic E-state index is 11.9. The molecule has 88 valence electrons. The quantitative estimate of drug-likeness (QED) is 0.804. The summed E-state index contributed by atoms with van der Waals surface area (Å²) < 4.78 is 0. The normalized spacial score (nSPS) is 14.2. The van der Waals surface area contributed by atoms with Crippen LogP contribution < -0.4 is 5.32 Å². The second kappa shape index (κ2) is 5.85. The number of aromatic nitrogens is 1. The van der Waals surface area contributed by atoms with Gasteiger partial charge < -0.3 is 5.32 Å². The van der Waals surface area contributed by atoms with Crippen LogP contribution in [0.25, 0.3) is 0 Å². The van der Waals surface area contributed by atoms with Crippen LogP contribution in [0.3, 0.4) is 0 Å². The summed E-state index contributed by atoms with van der Waals surface area (Å²) in [5.74, 6) is 0.444. The van der Waals surface area contributed by atoms with Gasteiger partial charge in [0.1, 0.15) is 0 Å². The molecule has 1 rings (SSSR count). The van der Waals surface area contributed by atoms with Crippen molar-refractivity contribution in [2.24, 2.45) is 0 Å². The molecule has 0 spiro atoms. The summed E-state index contributed by atoms with van der Waals surface area (Å²) >= 11 is 5.73. The van der Waals surface area contributed by atoms with Crippen molar-refractivity contribution >= 4 is 17.5 Å². The predicted octanol–water partition coefficient (Wildman–Crippen LogP) is 2.61. The predicted molar refractivity (Wildman–Crippen MR) is 65.7 cm³/mol. The van der Waals surface area contributed by atoms with E-state index < -0.39 is 0 Å². The summed E-state index contributed by atoms with van der Waals surface area (Å²) in [6.45, 7) is 4.04. The van der Waals surface area contributed by atoms with Crippen molar-refractivity contribution in [3.63, 3.8) is 0 Å². The Morgan fingerprint density at radius 3 is 2.88 bits per heavy atom. The topological polar surface area (TPSA) is 42.0 Å². The van der Waals surface area contributed by atoms with Gasteiger partial charge in [-0.05, 0) is 31.9 Å². The summed E-state index contributed by atoms with van der Waals surface area (Å²) in [5.41, 5.74) is 0.339. The van der Waals surface area contributed by atoms with Crippen molar-refractivity contribution in [2.75, 3.05) is 5.88 Å². The van der Waals surface area contributed by atoms with E-state index in [1.165, 1.54) is 0 Å². The van der Waals surface area contributed by atoms with Crippen LogP contribution in [-0.2, 0) is 0 Å². The molecule has 1 heterocycles. The molecule has 1 N–H and O–H groups in total. The van der Waals surface area contributed by atoms with Gasteiger partial charge in [-0.1, -0.05) is 6.92 Å². The molecule has 1 unspecified atom stereocenters. The Labute approximate surface area is 101 Å². The maximum atomic E-state index is 11.9. The first-order valence-electron chi connectivity index (χ1n) is 5.40. The lowest BCUT2D eigenvalue weighted by Crippen LogP contribution is -2.45. The minimum atomic E-state index is -0.241. The monoisotopic (exact) mass is 240 g/mol. The molecule has 1 aromatic heterocycles. The van der Waals surface area contributed by atoms with Gasteiger partial charge in [-0.15, -0.1) is 11.6 Å². The molecule has 0 aliphatic carbocycles. The molecule has 1 atom stereocenters. The van der Waals surface area contributed by atoms with Gasteiger partial charge in [-0.2, -0.15) is 0 Å². The van der Waals surface area contributed by atoms with Gasteiger partial charge >= 0.3 is 0 Å². The van der Waals surface area contributed by atoms with Gasteiger partial charge in [0.05, 0.1) is 5.56 Å². The highest BCUT2D eigenvalue weighted by Gasteiger charge is 2.23. The Kier molecular flexibility index (Phi) is 4.74. The van der Waals surface area contributed by atoms with E-state index in [2.05, 4.69) is 10.3 Å². The first-order chi connectivity index (χ1) is 7.61. The summed E-state index contributed by atoms with van der Waals surface area (Å²) in [5, 5.41) is 3.00. The van der Waals surface area contributed by atoms with E-state index in [-0.39, 0.29) is 11.4 Å². The Balaban J connectivity index is 2.70. The number of carbonyl (C=O) groups is 1. The van der Waals surface area contributed by atoms with Gasteiger partial charge in [-0.25, -0.2) is 0 Å². The van der Waals surface area contributed by atoms with Crippen LogP contribution in [0, 0.1) is 0 Å². The number of hydrogen-bond donors (Lipinski definition) is 1. The number of alkyl halides is 1. The molecule has 0 saturated heterocycles. The molecular weight excluding hydrogens is 224 g/mol. The van der Waals surface area contributed by atoms with E-state index in [9.17, 15) is 4.79 Å². The molecule has 4 heteroatoms. The van der Waals surface area contributed by atoms with Crippen molar-refractivity contribution in [2.45, 2.75) is 32.2 Å². The molecule has 0 aromatic carbocycles. The first kappa shape index (κ1) is 13.0. The maximum Gasteiger partial charge on any atom is 0.253 e. The minimum Gasteiger partial charge on any atom is -0.347 e. The zero-order chi connectivity index (χ0) is 12.0. The SMILES string of the molecule is CCC(C)(CCCl)NC(=O)c1cccnc1. The first-order valence-corrected chi connectivity index (χ1v) is 5.93. The van der Waals surface area contributed by atoms with E-state index in [1.807, 2.05) is 13.8 Å². The van der Waals surface area contributed by atoms with Crippen molar-refractivity contribution in [1.82, 2.24) is 10.3 Å². The number of nitrogens with one attached hydrogen (secondary N) is 1. The van der Waals surface area contributed by atoms with Gasteiger partial charge in [0.25, 0.3) is 5.91 Å². The number of hydrogen-bond acceptors (Lipinski definition) is 2. The van der Waals surface area contributed by atoms with Crippen LogP contribution in [-0.4, -0.2) is 22.3 Å². The fourth-order valence-corrected chi connectivity index (χ4v) is 1.80. The summed E-state index contributed by atoms with van der Waals surface area (Å²) in [6, 6.07) is 3.50. The molecule has 0 saturated carbocycles. The molecule has 0 fully saturated rings. The largest absolute Gasteiger partial charge is 0.347 e. The van der Waals surface area contributed by atoms with Crippen LogP contribution in [0.2, 0.25) is 0 Å². The average molecular weight is 241 g/mol. The van der Waals surface area contributed by atoms with E-state index >= 15 is 0 Å². The highest BCUT2D eigenvalue weighted by Crippen LogP contribution is 2.16. The summed E-state index contributed by atoms with van der Waals surface area (Å²) in [6.07, 6.45) is 4.82. The molecule has 3 nitrogen and oxygen atoms in total. The van der Waals surface area contributed by atoms with Crippen molar-refractivity contribution in [3.05, 3.63) is 30.1 Å². The highest BCUT2D eigenvalue weighted by atomic mass is 35.5. The number of amides is 1. The Hall–Kier alpha value is -1.09. The van der Waals surface area contributed by atoms with Crippen LogP contribution in [0.15, 0.2) is 24.5 Å². The molecule has 1 aromatic rings. The number of carbonyl (C=O) groups excluding carboxylic acids is 1. The molecule has 1 amide bonds. The van der Waals surface area contributed by atoms with E-state index in [0.29, 0.717) is 11.4 Å². The van der Waals surface area contributed by atoms with E-state index in [0.717, 1.165) is 12.8 Å². The lowest BCUT2D eigenvalue weighted by Gasteiger charge is -2.28. The van der Waals surface area contributed by atoms with Crippen LogP contribution >= 0.6 is 11.6 Å². The molecular formula is C12H17ClN2O. The lowest BCUT2D eigenvalue weighted by atomic mass is 9.95. The highest BCUT2D eigenvalue weighted by molar-refractivity contribution is 6.17. The molecule has 0 aliphatic heterocycles. The van der Waals surface area contributed by atoms with E-state index in [1.54, 1.807) is 24.5 Å². The number of rotatable bonds is 5. The number of halogens is 1. The van der Waals surface area contributed by atoms with Crippen molar-refractivity contribution in [3.8, 4) is 0 Å². The number of pyridine rings is 1. The third-order valence-electron chi connectivity index (χ3n) is 2.77. The average Bonchev–Trinajstić information content (AvgIpc) is 2.30. The summed E-state index contributed by atoms with van der Waals surface area (Å²) in [7, 11) is 0. The Morgan fingerprint density at radius 1 is 1.62 bits per heavy atom. The van der Waals surface area contributed by atoms with Gasteiger partial charge in [0.2, 0.25) is 0 Å². The zero-order valence-electron chi connectivity index (χ0n) is 9.66. The third-order valence-corrected chi connectivity index (χ3v) is 2.95.